The number of carbonyl (C=O) groups excluding carboxylic acids is 4. The van der Waals surface area contributed by atoms with Gasteiger partial charge >= 0.3 is 39.5 Å². The Morgan fingerprint density at radius 3 is 0.664 bits per heavy atom. The highest BCUT2D eigenvalue weighted by Crippen LogP contribution is 2.45. The van der Waals surface area contributed by atoms with Crippen LogP contribution in [0.2, 0.25) is 0 Å². The standard InChI is InChI=1S/C88H172O17P2/c1-9-81(8)67-59-51-42-36-30-24-18-12-10-11-13-19-26-32-38-44-54-62-71-88(93)105-84(75-99-86(91)69-61-53-47-46-50-58-66-80(6)7)77-103-107(96,97)101-73-82(89)72-100-106(94,95)102-76-83(104-87(92)70-63-55-45-39-33-27-21-15-17-23-29-35-41-49-57-65-79(4)5)74-98-85(90)68-60-52-43-37-31-25-20-14-16-22-28-34-40-48-56-64-78(2)3/h78-84,89H,9-77H2,1-8H3,(H,94,95)(H,96,97)/t81?,82-,83-,84-/m1/s1. The molecule has 3 N–H and O–H groups in total. The van der Waals surface area contributed by atoms with Crippen LogP contribution in [-0.4, -0.2) is 96.7 Å². The summed E-state index contributed by atoms with van der Waals surface area (Å²) < 4.78 is 68.9. The molecule has 107 heavy (non-hydrogen) atoms. The molecule has 0 aliphatic rings. The van der Waals surface area contributed by atoms with Gasteiger partial charge in [0.25, 0.3) is 0 Å². The monoisotopic (exact) mass is 1560 g/mol. The van der Waals surface area contributed by atoms with Gasteiger partial charge in [-0.25, -0.2) is 9.13 Å². The van der Waals surface area contributed by atoms with Gasteiger partial charge in [0, 0.05) is 25.7 Å². The van der Waals surface area contributed by atoms with Gasteiger partial charge in [0.05, 0.1) is 26.4 Å². The molecule has 0 aliphatic carbocycles. The number of aliphatic hydroxyl groups excluding tert-OH is 1. The highest BCUT2D eigenvalue weighted by atomic mass is 31.2. The normalized spacial score (nSPS) is 14.1. The summed E-state index contributed by atoms with van der Waals surface area (Å²) in [6.07, 6.45) is 66.8. The average Bonchev–Trinajstić information content (AvgIpc) is 0.899. The van der Waals surface area contributed by atoms with Gasteiger partial charge in [0.1, 0.15) is 19.3 Å². The summed E-state index contributed by atoms with van der Waals surface area (Å²) in [5.41, 5.74) is 0. The molecule has 0 aromatic rings. The van der Waals surface area contributed by atoms with Crippen molar-refractivity contribution in [3.63, 3.8) is 0 Å². The lowest BCUT2D eigenvalue weighted by atomic mass is 9.99. The van der Waals surface area contributed by atoms with Crippen LogP contribution < -0.4 is 0 Å². The van der Waals surface area contributed by atoms with Crippen molar-refractivity contribution in [3.8, 4) is 0 Å². The van der Waals surface area contributed by atoms with Gasteiger partial charge in [0.2, 0.25) is 0 Å². The number of rotatable bonds is 85. The van der Waals surface area contributed by atoms with Crippen molar-refractivity contribution in [1.82, 2.24) is 0 Å². The SMILES string of the molecule is CCC(C)CCCCCCCCCCCCCCCCCCCCC(=O)O[C@H](COC(=O)CCCCCCCCC(C)C)COP(=O)(O)OC[C@H](O)COP(=O)(O)OC[C@@H](COC(=O)CCCCCCCCCCCCCCCCCC(C)C)OC(=O)CCCCCCCCCCCCCCCCCC(C)C. The van der Waals surface area contributed by atoms with Crippen molar-refractivity contribution in [2.45, 2.75) is 478 Å². The molecule has 0 saturated heterocycles. The molecular formula is C88H172O17P2. The number of phosphoric ester groups is 2. The summed E-state index contributed by atoms with van der Waals surface area (Å²) in [7, 11) is -9.93. The number of hydrogen-bond donors (Lipinski definition) is 3. The Morgan fingerprint density at radius 2 is 0.449 bits per heavy atom. The van der Waals surface area contributed by atoms with Crippen LogP contribution in [0.15, 0.2) is 0 Å². The highest BCUT2D eigenvalue weighted by molar-refractivity contribution is 7.47. The maximum Gasteiger partial charge on any atom is 0.472 e. The molecule has 0 aromatic carbocycles. The second-order valence-electron chi connectivity index (χ2n) is 33.3. The summed E-state index contributed by atoms with van der Waals surface area (Å²) in [6, 6.07) is 0. The zero-order valence-electron chi connectivity index (χ0n) is 70.8. The van der Waals surface area contributed by atoms with Crippen LogP contribution in [0.25, 0.3) is 0 Å². The van der Waals surface area contributed by atoms with E-state index < -0.39 is 97.5 Å². The highest BCUT2D eigenvalue weighted by Gasteiger charge is 2.31. The van der Waals surface area contributed by atoms with Gasteiger partial charge < -0.3 is 33.8 Å². The van der Waals surface area contributed by atoms with Crippen molar-refractivity contribution >= 4 is 39.5 Å². The van der Waals surface area contributed by atoms with Gasteiger partial charge in [-0.3, -0.25) is 37.3 Å². The van der Waals surface area contributed by atoms with Crippen LogP contribution >= 0.6 is 15.6 Å². The minimum absolute atomic E-state index is 0.107. The first kappa shape index (κ1) is 105. The molecule has 0 saturated carbocycles. The van der Waals surface area contributed by atoms with Gasteiger partial charge in [-0.05, 0) is 49.4 Å². The third-order valence-corrected chi connectivity index (χ3v) is 22.8. The number of carbonyl (C=O) groups is 4. The van der Waals surface area contributed by atoms with E-state index in [1.807, 2.05) is 0 Å². The van der Waals surface area contributed by atoms with Crippen molar-refractivity contribution in [2.24, 2.45) is 23.7 Å². The number of unbranched alkanes of at least 4 members (excludes halogenated alkanes) is 50. The first-order valence-electron chi connectivity index (χ1n) is 45.2. The Kier molecular flexibility index (Phi) is 75.3. The van der Waals surface area contributed by atoms with Gasteiger partial charge in [-0.2, -0.15) is 0 Å². The third-order valence-electron chi connectivity index (χ3n) is 20.9. The molecule has 0 spiro atoms. The molecular weight excluding hydrogens is 1390 g/mol. The largest absolute Gasteiger partial charge is 0.472 e. The molecule has 0 heterocycles. The Morgan fingerprint density at radius 1 is 0.262 bits per heavy atom. The molecule has 636 valence electrons. The van der Waals surface area contributed by atoms with E-state index in [9.17, 15) is 43.2 Å². The second kappa shape index (κ2) is 76.7. The smallest absolute Gasteiger partial charge is 0.462 e. The number of phosphoric acid groups is 2. The second-order valence-corrected chi connectivity index (χ2v) is 36.2. The number of hydrogen-bond acceptors (Lipinski definition) is 15. The van der Waals surface area contributed by atoms with Crippen LogP contribution in [0.1, 0.15) is 460 Å². The predicted octanol–water partition coefficient (Wildman–Crippen LogP) is 26.7. The number of ether oxygens (including phenoxy) is 4. The number of aliphatic hydroxyl groups is 1. The van der Waals surface area contributed by atoms with Crippen molar-refractivity contribution in [2.75, 3.05) is 39.6 Å². The lowest BCUT2D eigenvalue weighted by Crippen LogP contribution is -2.30. The van der Waals surface area contributed by atoms with E-state index in [0.29, 0.717) is 31.6 Å². The first-order chi connectivity index (χ1) is 51.6. The van der Waals surface area contributed by atoms with E-state index in [-0.39, 0.29) is 25.7 Å². The van der Waals surface area contributed by atoms with E-state index in [1.54, 1.807) is 0 Å². The Labute approximate surface area is 658 Å². The summed E-state index contributed by atoms with van der Waals surface area (Å²) in [5, 5.41) is 10.7. The molecule has 0 aliphatic heterocycles. The molecule has 0 bridgehead atoms. The van der Waals surface area contributed by atoms with E-state index in [2.05, 4.69) is 55.4 Å². The zero-order chi connectivity index (χ0) is 78.8. The predicted molar refractivity (Wildman–Crippen MR) is 441 cm³/mol. The van der Waals surface area contributed by atoms with Gasteiger partial charge in [0.15, 0.2) is 12.2 Å². The third kappa shape index (κ3) is 80.5. The maximum absolute atomic E-state index is 13.1. The zero-order valence-corrected chi connectivity index (χ0v) is 72.6. The van der Waals surface area contributed by atoms with E-state index in [0.717, 1.165) is 114 Å². The molecule has 0 fully saturated rings. The summed E-state index contributed by atoms with van der Waals surface area (Å²) in [6.45, 7) is 14.3. The summed E-state index contributed by atoms with van der Waals surface area (Å²) >= 11 is 0. The average molecular weight is 1560 g/mol. The molecule has 0 radical (unpaired) electrons. The molecule has 0 aromatic heterocycles. The molecule has 6 atom stereocenters. The molecule has 19 heteroatoms. The van der Waals surface area contributed by atoms with E-state index >= 15 is 0 Å². The molecule has 0 rings (SSSR count). The van der Waals surface area contributed by atoms with Crippen LogP contribution in [0.5, 0.6) is 0 Å². The van der Waals surface area contributed by atoms with Crippen LogP contribution in [0.3, 0.4) is 0 Å². The van der Waals surface area contributed by atoms with Crippen molar-refractivity contribution in [1.29, 1.82) is 0 Å². The summed E-state index contributed by atoms with van der Waals surface area (Å²) in [5.74, 6) is 1.05. The van der Waals surface area contributed by atoms with Gasteiger partial charge in [-0.15, -0.1) is 0 Å². The first-order valence-corrected chi connectivity index (χ1v) is 48.2. The number of esters is 4. The van der Waals surface area contributed by atoms with Crippen molar-refractivity contribution in [3.05, 3.63) is 0 Å². The fraction of sp³-hybridized carbons (Fsp3) is 0.955. The van der Waals surface area contributed by atoms with E-state index in [4.69, 9.17) is 37.0 Å². The van der Waals surface area contributed by atoms with Gasteiger partial charge in [-0.1, -0.05) is 409 Å². The quantitative estimate of drug-likeness (QED) is 0.0222. The molecule has 3 unspecified atom stereocenters. The summed E-state index contributed by atoms with van der Waals surface area (Å²) in [4.78, 5) is 73.2. The van der Waals surface area contributed by atoms with E-state index in [1.165, 1.54) is 257 Å². The minimum Gasteiger partial charge on any atom is -0.462 e. The Bertz CT molecular complexity index is 2080. The maximum atomic E-state index is 13.1. The topological polar surface area (TPSA) is 237 Å². The fourth-order valence-corrected chi connectivity index (χ4v) is 15.2. The van der Waals surface area contributed by atoms with Crippen LogP contribution in [-0.2, 0) is 65.4 Å². The van der Waals surface area contributed by atoms with Crippen LogP contribution in [0.4, 0.5) is 0 Å². The minimum atomic E-state index is -4.97. The van der Waals surface area contributed by atoms with Crippen LogP contribution in [0, 0.1) is 23.7 Å². The molecule has 0 amide bonds. The lowest BCUT2D eigenvalue weighted by molar-refractivity contribution is -0.161. The van der Waals surface area contributed by atoms with Crippen molar-refractivity contribution < 1.29 is 80.2 Å². The Hall–Kier alpha value is -1.94. The molecule has 17 nitrogen and oxygen atoms in total. The fourth-order valence-electron chi connectivity index (χ4n) is 13.6. The lowest BCUT2D eigenvalue weighted by Gasteiger charge is -2.21. The Balaban J connectivity index is 5.19.